The molecule has 0 unspecified atom stereocenters. The molecule has 4 heteroatoms. The van der Waals surface area contributed by atoms with Crippen molar-refractivity contribution in [2.24, 2.45) is 10.7 Å². The van der Waals surface area contributed by atoms with Crippen LogP contribution >= 0.6 is 0 Å². The summed E-state index contributed by atoms with van der Waals surface area (Å²) in [5.74, 6) is 0.413. The third kappa shape index (κ3) is 5.58. The zero-order chi connectivity index (χ0) is 15.6. The molecule has 3 N–H and O–H groups in total. The van der Waals surface area contributed by atoms with Gasteiger partial charge in [-0.15, -0.1) is 0 Å². The van der Waals surface area contributed by atoms with Crippen LogP contribution in [0.5, 0.6) is 0 Å². The maximum Gasteiger partial charge on any atom is 0.193 e. The quantitative estimate of drug-likeness (QED) is 0.469. The van der Waals surface area contributed by atoms with Gasteiger partial charge in [0.2, 0.25) is 0 Å². The summed E-state index contributed by atoms with van der Waals surface area (Å²) in [7, 11) is 0. The zero-order valence-corrected chi connectivity index (χ0v) is 13.0. The lowest BCUT2D eigenvalue weighted by molar-refractivity contribution is 0.128. The molecule has 4 nitrogen and oxygen atoms in total. The van der Waals surface area contributed by atoms with E-state index in [4.69, 9.17) is 10.5 Å². The number of nitrogens with zero attached hydrogens (tertiary/aromatic N) is 1. The van der Waals surface area contributed by atoms with Crippen molar-refractivity contribution in [2.75, 3.05) is 18.5 Å². The van der Waals surface area contributed by atoms with E-state index in [1.165, 1.54) is 5.56 Å². The Morgan fingerprint density at radius 3 is 2.64 bits per heavy atom. The maximum atomic E-state index is 5.87. The van der Waals surface area contributed by atoms with Crippen molar-refractivity contribution in [2.45, 2.75) is 20.0 Å². The molecule has 0 saturated carbocycles. The van der Waals surface area contributed by atoms with Gasteiger partial charge in [0, 0.05) is 5.69 Å². The average molecular weight is 297 g/mol. The number of hydrogen-bond acceptors (Lipinski definition) is 2. The van der Waals surface area contributed by atoms with Gasteiger partial charge in [0.15, 0.2) is 5.96 Å². The van der Waals surface area contributed by atoms with E-state index in [1.807, 2.05) is 42.5 Å². The normalized spacial score (nSPS) is 11.4. The highest BCUT2D eigenvalue weighted by atomic mass is 16.5. The first kappa shape index (κ1) is 16.0. The number of guanidine groups is 1. The third-order valence-corrected chi connectivity index (χ3v) is 3.24. The summed E-state index contributed by atoms with van der Waals surface area (Å²) in [4.78, 5) is 4.26. The lowest BCUT2D eigenvalue weighted by Gasteiger charge is -2.07. The van der Waals surface area contributed by atoms with Crippen molar-refractivity contribution in [3.63, 3.8) is 0 Å². The number of hydrogen-bond donors (Lipinski definition) is 2. The molecular formula is C18H23N3O. The van der Waals surface area contributed by atoms with Crippen LogP contribution in [0.3, 0.4) is 0 Å². The van der Waals surface area contributed by atoms with Crippen LogP contribution < -0.4 is 11.1 Å². The Kier molecular flexibility index (Phi) is 6.45. The van der Waals surface area contributed by atoms with Gasteiger partial charge in [-0.25, -0.2) is 0 Å². The van der Waals surface area contributed by atoms with Crippen LogP contribution in [-0.4, -0.2) is 19.1 Å². The summed E-state index contributed by atoms with van der Waals surface area (Å²) in [6.07, 6.45) is 1.000. The number of nitrogens with one attached hydrogen (secondary N) is 1. The molecule has 0 amide bonds. The fourth-order valence-corrected chi connectivity index (χ4v) is 2.05. The van der Waals surface area contributed by atoms with Gasteiger partial charge in [-0.2, -0.15) is 0 Å². The summed E-state index contributed by atoms with van der Waals surface area (Å²) in [5.41, 5.74) is 9.27. The van der Waals surface area contributed by atoms with Gasteiger partial charge >= 0.3 is 0 Å². The van der Waals surface area contributed by atoms with Crippen LogP contribution in [0.2, 0.25) is 0 Å². The third-order valence-electron chi connectivity index (χ3n) is 3.24. The number of aryl methyl sites for hydroxylation is 1. The van der Waals surface area contributed by atoms with Crippen LogP contribution in [0.1, 0.15) is 18.1 Å². The number of nitrogens with two attached hydrogens (primary N) is 1. The van der Waals surface area contributed by atoms with E-state index in [-0.39, 0.29) is 0 Å². The number of aliphatic imine (C=N–C) groups is 1. The molecule has 0 heterocycles. The first-order chi connectivity index (χ1) is 10.8. The van der Waals surface area contributed by atoms with Crippen LogP contribution in [0.15, 0.2) is 59.6 Å². The Morgan fingerprint density at radius 2 is 1.86 bits per heavy atom. The molecule has 0 atom stereocenters. The molecule has 116 valence electrons. The molecule has 0 fully saturated rings. The van der Waals surface area contributed by atoms with Gasteiger partial charge in [-0.3, -0.25) is 4.99 Å². The van der Waals surface area contributed by atoms with E-state index in [0.717, 1.165) is 17.7 Å². The van der Waals surface area contributed by atoms with Crippen molar-refractivity contribution in [3.05, 3.63) is 65.7 Å². The summed E-state index contributed by atoms with van der Waals surface area (Å²) >= 11 is 0. The second kappa shape index (κ2) is 8.85. The molecule has 22 heavy (non-hydrogen) atoms. The fourth-order valence-electron chi connectivity index (χ4n) is 2.05. The summed E-state index contributed by atoms with van der Waals surface area (Å²) in [5, 5.41) is 3.10. The van der Waals surface area contributed by atoms with Crippen LogP contribution in [0, 0.1) is 0 Å². The second-order valence-electron chi connectivity index (χ2n) is 4.98. The Balaban J connectivity index is 1.71. The van der Waals surface area contributed by atoms with Crippen LogP contribution in [0.4, 0.5) is 5.69 Å². The van der Waals surface area contributed by atoms with Crippen LogP contribution in [-0.2, 0) is 17.8 Å². The van der Waals surface area contributed by atoms with E-state index >= 15 is 0 Å². The minimum absolute atomic E-state index is 0.413. The summed E-state index contributed by atoms with van der Waals surface area (Å²) in [6, 6.07) is 18.2. The predicted molar refractivity (Wildman–Crippen MR) is 92.0 cm³/mol. The topological polar surface area (TPSA) is 59.6 Å². The monoisotopic (exact) mass is 297 g/mol. The van der Waals surface area contributed by atoms with Crippen molar-refractivity contribution in [1.29, 1.82) is 0 Å². The van der Waals surface area contributed by atoms with E-state index in [0.29, 0.717) is 25.7 Å². The predicted octanol–water partition coefficient (Wildman–Crippen LogP) is 3.19. The highest BCUT2D eigenvalue weighted by Crippen LogP contribution is 2.10. The Morgan fingerprint density at radius 1 is 1.09 bits per heavy atom. The molecule has 0 saturated heterocycles. The molecule has 0 aromatic heterocycles. The maximum absolute atomic E-state index is 5.87. The summed E-state index contributed by atoms with van der Waals surface area (Å²) < 4.78 is 5.57. The van der Waals surface area contributed by atoms with E-state index in [9.17, 15) is 0 Å². The molecule has 0 aliphatic rings. The number of rotatable bonds is 7. The van der Waals surface area contributed by atoms with Gasteiger partial charge < -0.3 is 15.8 Å². The molecule has 0 aliphatic heterocycles. The Labute approximate surface area is 132 Å². The van der Waals surface area contributed by atoms with Crippen molar-refractivity contribution in [1.82, 2.24) is 0 Å². The highest BCUT2D eigenvalue weighted by Gasteiger charge is 1.97. The first-order valence-electron chi connectivity index (χ1n) is 7.55. The van der Waals surface area contributed by atoms with Gasteiger partial charge in [-0.1, -0.05) is 49.4 Å². The molecule has 0 aliphatic carbocycles. The number of anilines is 1. The van der Waals surface area contributed by atoms with E-state index in [1.54, 1.807) is 0 Å². The largest absolute Gasteiger partial charge is 0.375 e. The smallest absolute Gasteiger partial charge is 0.193 e. The summed E-state index contributed by atoms with van der Waals surface area (Å²) in [6.45, 7) is 3.81. The SMILES string of the molecule is CCc1cccc(NC(N)=NCCOCc2ccccc2)c1. The van der Waals surface area contributed by atoms with Gasteiger partial charge in [0.05, 0.1) is 19.8 Å². The Bertz CT molecular complexity index is 596. The van der Waals surface area contributed by atoms with Gasteiger partial charge in [0.1, 0.15) is 0 Å². The second-order valence-corrected chi connectivity index (χ2v) is 4.98. The van der Waals surface area contributed by atoms with Gasteiger partial charge in [-0.05, 0) is 29.7 Å². The molecule has 0 radical (unpaired) electrons. The lowest BCUT2D eigenvalue weighted by atomic mass is 10.1. The van der Waals surface area contributed by atoms with Crippen LogP contribution in [0.25, 0.3) is 0 Å². The number of ether oxygens (including phenoxy) is 1. The molecular weight excluding hydrogens is 274 g/mol. The minimum Gasteiger partial charge on any atom is -0.375 e. The Hall–Kier alpha value is -2.33. The lowest BCUT2D eigenvalue weighted by Crippen LogP contribution is -2.23. The highest BCUT2D eigenvalue weighted by molar-refractivity contribution is 5.92. The first-order valence-corrected chi connectivity index (χ1v) is 7.55. The van der Waals surface area contributed by atoms with Gasteiger partial charge in [0.25, 0.3) is 0 Å². The zero-order valence-electron chi connectivity index (χ0n) is 13.0. The standard InChI is InChI=1S/C18H23N3O/c1-2-15-9-6-10-17(13-15)21-18(19)20-11-12-22-14-16-7-4-3-5-8-16/h3-10,13H,2,11-12,14H2,1H3,(H3,19,20,21). The average Bonchev–Trinajstić information content (AvgIpc) is 2.55. The molecule has 0 bridgehead atoms. The molecule has 2 rings (SSSR count). The van der Waals surface area contributed by atoms with Crippen molar-refractivity contribution >= 4 is 11.6 Å². The van der Waals surface area contributed by atoms with E-state index in [2.05, 4.69) is 29.4 Å². The van der Waals surface area contributed by atoms with Crippen molar-refractivity contribution in [3.8, 4) is 0 Å². The molecule has 2 aromatic carbocycles. The van der Waals surface area contributed by atoms with Crippen molar-refractivity contribution < 1.29 is 4.74 Å². The minimum atomic E-state index is 0.413. The molecule has 0 spiro atoms. The van der Waals surface area contributed by atoms with E-state index < -0.39 is 0 Å². The number of benzene rings is 2. The molecule has 2 aromatic rings. The fraction of sp³-hybridized carbons (Fsp3) is 0.278.